The summed E-state index contributed by atoms with van der Waals surface area (Å²) in [5.74, 6) is -1.87. The molecule has 5 atom stereocenters. The molecule has 0 bridgehead atoms. The van der Waals surface area contributed by atoms with Gasteiger partial charge in [0.15, 0.2) is 0 Å². The molecule has 1 aromatic carbocycles. The van der Waals surface area contributed by atoms with Gasteiger partial charge in [-0.05, 0) is 34.1 Å². The molecule has 2 aromatic heterocycles. The van der Waals surface area contributed by atoms with Crippen LogP contribution in [-0.4, -0.2) is 65.7 Å². The summed E-state index contributed by atoms with van der Waals surface area (Å²) >= 11 is 9.80. The highest BCUT2D eigenvalue weighted by Crippen LogP contribution is 2.41. The first kappa shape index (κ1) is 24.9. The summed E-state index contributed by atoms with van der Waals surface area (Å²) in [7, 11) is 0. The maximum atomic E-state index is 13.9. The lowest BCUT2D eigenvalue weighted by Gasteiger charge is -2.41. The number of hydrogen-bond acceptors (Lipinski definition) is 8. The summed E-state index contributed by atoms with van der Waals surface area (Å²) in [6.07, 6.45) is -1.12. The fraction of sp³-hybridized carbons (Fsp3) is 0.300. The molecular weight excluding hydrogens is 560 g/mol. The Balaban J connectivity index is 1.66. The van der Waals surface area contributed by atoms with Crippen molar-refractivity contribution in [1.29, 1.82) is 0 Å². The van der Waals surface area contributed by atoms with Crippen LogP contribution in [0.1, 0.15) is 6.04 Å². The van der Waals surface area contributed by atoms with E-state index in [9.17, 15) is 24.1 Å². The van der Waals surface area contributed by atoms with Crippen LogP contribution in [0.2, 0.25) is 5.02 Å². The van der Waals surface area contributed by atoms with E-state index in [1.54, 1.807) is 6.07 Å². The van der Waals surface area contributed by atoms with Crippen molar-refractivity contribution in [3.8, 4) is 11.3 Å². The molecule has 1 fully saturated rings. The van der Waals surface area contributed by atoms with Gasteiger partial charge in [0.05, 0.1) is 17.3 Å². The second kappa shape index (κ2) is 10.2. The lowest BCUT2D eigenvalue weighted by atomic mass is 9.97. The van der Waals surface area contributed by atoms with Crippen molar-refractivity contribution in [1.82, 2.24) is 20.0 Å². The molecular formula is C20H15BrClF2N5O4S. The zero-order valence-electron chi connectivity index (χ0n) is 16.9. The van der Waals surface area contributed by atoms with E-state index in [1.165, 1.54) is 12.4 Å². The van der Waals surface area contributed by atoms with Gasteiger partial charge in [-0.3, -0.25) is 0 Å². The zero-order valence-corrected chi connectivity index (χ0v) is 20.0. The first-order chi connectivity index (χ1) is 16.2. The molecule has 34 heavy (non-hydrogen) atoms. The van der Waals surface area contributed by atoms with Gasteiger partial charge in [-0.2, -0.15) is 0 Å². The molecule has 1 saturated heterocycles. The summed E-state index contributed by atoms with van der Waals surface area (Å²) in [6, 6.07) is 2.46. The van der Waals surface area contributed by atoms with E-state index in [-0.39, 0.29) is 17.1 Å². The van der Waals surface area contributed by atoms with Crippen LogP contribution >= 0.6 is 39.3 Å². The molecule has 3 heterocycles. The number of ether oxygens (including phenoxy) is 1. The first-order valence-corrected chi connectivity index (χ1v) is 11.7. The third-order valence-electron chi connectivity index (χ3n) is 5.09. The third-order valence-corrected chi connectivity index (χ3v) is 7.06. The highest BCUT2D eigenvalue weighted by Gasteiger charge is 2.46. The quantitative estimate of drug-likeness (QED) is 0.314. The number of aromatic nitrogens is 4. The minimum Gasteiger partial charge on any atom is -0.394 e. The molecule has 178 valence electrons. The average Bonchev–Trinajstić information content (AvgIpc) is 3.29. The van der Waals surface area contributed by atoms with E-state index in [0.717, 1.165) is 28.6 Å². The van der Waals surface area contributed by atoms with Crippen LogP contribution in [-0.2, 0) is 4.74 Å². The second-order valence-corrected chi connectivity index (χ2v) is 9.67. The number of rotatable bonds is 5. The highest BCUT2D eigenvalue weighted by molar-refractivity contribution is 9.10. The topological polar surface area (TPSA) is 118 Å². The summed E-state index contributed by atoms with van der Waals surface area (Å²) in [6.45, 7) is 6.73. The molecule has 3 N–H and O–H groups in total. The van der Waals surface area contributed by atoms with Crippen molar-refractivity contribution in [2.45, 2.75) is 34.7 Å². The molecule has 0 spiro atoms. The SMILES string of the molecule is [C-]#[N+]c1ncc(Br)cc1S[C@H]1OC(CO)[C@H](O)[C@H](n2cc(-c3cc(F)c(Cl)c(F)c3)nn2)C1O. The Hall–Kier alpha value is -2.18. The van der Waals surface area contributed by atoms with Gasteiger partial charge in [0, 0.05) is 10.5 Å². The molecule has 0 amide bonds. The van der Waals surface area contributed by atoms with Crippen LogP contribution < -0.4 is 0 Å². The number of hydrogen-bond donors (Lipinski definition) is 3. The largest absolute Gasteiger partial charge is 0.394 e. The zero-order chi connectivity index (χ0) is 24.6. The fourth-order valence-corrected chi connectivity index (χ4v) is 5.18. The van der Waals surface area contributed by atoms with Gasteiger partial charge in [0.2, 0.25) is 0 Å². The number of nitrogens with zero attached hydrogens (tertiary/aromatic N) is 5. The summed E-state index contributed by atoms with van der Waals surface area (Å²) < 4.78 is 35.2. The Bertz CT molecular complexity index is 1240. The number of thioether (sulfide) groups is 1. The molecule has 1 aliphatic rings. The lowest BCUT2D eigenvalue weighted by molar-refractivity contribution is -0.178. The smallest absolute Gasteiger partial charge is 0.283 e. The van der Waals surface area contributed by atoms with Crippen molar-refractivity contribution in [3.05, 3.63) is 63.1 Å². The van der Waals surface area contributed by atoms with Crippen molar-refractivity contribution in [2.24, 2.45) is 0 Å². The molecule has 4 rings (SSSR count). The molecule has 3 aromatic rings. The Morgan fingerprint density at radius 3 is 2.59 bits per heavy atom. The standard InChI is InChI=1S/C20H15BrClF2N5O4S/c1-25-19-14(4-9(21)5-26-19)34-20-18(32)16(17(31)13(7-30)33-20)29-6-12(27-28-29)8-2-10(23)15(22)11(24)3-8/h2-6,13,16-18,20,30-32H,7H2/t13?,16-,17-,18?,20+/m0/s1. The second-order valence-electron chi connectivity index (χ2n) is 7.24. The monoisotopic (exact) mass is 573 g/mol. The van der Waals surface area contributed by atoms with Gasteiger partial charge in [-0.1, -0.05) is 23.4 Å². The van der Waals surface area contributed by atoms with E-state index in [2.05, 4.69) is 36.1 Å². The molecule has 0 saturated carbocycles. The lowest BCUT2D eigenvalue weighted by Crippen LogP contribution is -2.55. The van der Waals surface area contributed by atoms with Gasteiger partial charge in [-0.25, -0.2) is 13.5 Å². The molecule has 0 aliphatic carbocycles. The van der Waals surface area contributed by atoms with Crippen molar-refractivity contribution >= 4 is 45.1 Å². The summed E-state index contributed by atoms with van der Waals surface area (Å²) in [5, 5.41) is 38.7. The number of halogens is 4. The number of aliphatic hydroxyl groups is 3. The molecule has 1 aliphatic heterocycles. The molecule has 14 heteroatoms. The van der Waals surface area contributed by atoms with E-state index < -0.39 is 53.1 Å². The molecule has 2 unspecified atom stereocenters. The number of aliphatic hydroxyl groups excluding tert-OH is 3. The van der Waals surface area contributed by atoms with Gasteiger partial charge in [-0.15, -0.1) is 21.8 Å². The van der Waals surface area contributed by atoms with Crippen LogP contribution in [0.5, 0.6) is 0 Å². The average molecular weight is 575 g/mol. The Labute approximate surface area is 209 Å². The van der Waals surface area contributed by atoms with Crippen LogP contribution in [0.4, 0.5) is 14.6 Å². The minimum absolute atomic E-state index is 0.0493. The number of benzene rings is 1. The van der Waals surface area contributed by atoms with E-state index in [4.69, 9.17) is 22.9 Å². The molecule has 9 nitrogen and oxygen atoms in total. The Morgan fingerprint density at radius 1 is 1.24 bits per heavy atom. The maximum absolute atomic E-state index is 13.9. The summed E-state index contributed by atoms with van der Waals surface area (Å²) in [4.78, 5) is 7.78. The van der Waals surface area contributed by atoms with E-state index in [0.29, 0.717) is 9.37 Å². The van der Waals surface area contributed by atoms with Gasteiger partial charge in [0.1, 0.15) is 58.3 Å². The van der Waals surface area contributed by atoms with Crippen molar-refractivity contribution < 1.29 is 28.8 Å². The van der Waals surface area contributed by atoms with Gasteiger partial charge in [0.25, 0.3) is 5.82 Å². The van der Waals surface area contributed by atoms with Crippen LogP contribution in [0.25, 0.3) is 16.1 Å². The highest BCUT2D eigenvalue weighted by atomic mass is 79.9. The Morgan fingerprint density at radius 2 is 1.94 bits per heavy atom. The van der Waals surface area contributed by atoms with Gasteiger partial charge >= 0.3 is 0 Å². The summed E-state index contributed by atoms with van der Waals surface area (Å²) in [5.41, 5.74) is -0.912. The predicted molar refractivity (Wildman–Crippen MR) is 121 cm³/mol. The van der Waals surface area contributed by atoms with Crippen molar-refractivity contribution in [2.75, 3.05) is 6.61 Å². The van der Waals surface area contributed by atoms with Crippen molar-refractivity contribution in [3.63, 3.8) is 0 Å². The Kier molecular flexibility index (Phi) is 7.48. The van der Waals surface area contributed by atoms with E-state index >= 15 is 0 Å². The maximum Gasteiger partial charge on any atom is 0.283 e. The number of pyridine rings is 1. The predicted octanol–water partition coefficient (Wildman–Crippen LogP) is 3.36. The van der Waals surface area contributed by atoms with Crippen LogP contribution in [0.15, 0.2) is 40.0 Å². The van der Waals surface area contributed by atoms with Crippen LogP contribution in [0.3, 0.4) is 0 Å². The minimum atomic E-state index is -1.40. The van der Waals surface area contributed by atoms with E-state index in [1.807, 2.05) is 0 Å². The fourth-order valence-electron chi connectivity index (χ4n) is 3.45. The normalized spacial score (nSPS) is 24.7. The third kappa shape index (κ3) is 4.80. The molecule has 0 radical (unpaired) electrons. The first-order valence-electron chi connectivity index (χ1n) is 9.62. The van der Waals surface area contributed by atoms with Gasteiger partial charge < -0.3 is 24.9 Å². The van der Waals surface area contributed by atoms with Crippen LogP contribution in [0, 0.1) is 18.2 Å².